The highest BCUT2D eigenvalue weighted by molar-refractivity contribution is 6.01. The standard InChI is InChI=1S/C15H14N4O2/c1-2-21-15(20)12-13(17-11-7-4-3-5-8-11)18-19-10-6-9-16-14(12)19/h3-10H,2H2,1H3,(H,17,18). The summed E-state index contributed by atoms with van der Waals surface area (Å²) in [6.07, 6.45) is 3.35. The zero-order chi connectivity index (χ0) is 14.7. The molecular formula is C15H14N4O2. The second kappa shape index (κ2) is 5.62. The fourth-order valence-electron chi connectivity index (χ4n) is 2.02. The zero-order valence-corrected chi connectivity index (χ0v) is 11.5. The lowest BCUT2D eigenvalue weighted by Gasteiger charge is -2.05. The molecule has 6 nitrogen and oxygen atoms in total. The molecule has 3 rings (SSSR count). The van der Waals surface area contributed by atoms with Crippen molar-refractivity contribution in [2.75, 3.05) is 11.9 Å². The number of para-hydroxylation sites is 1. The van der Waals surface area contributed by atoms with Crippen LogP contribution in [0.2, 0.25) is 0 Å². The molecule has 0 aliphatic rings. The largest absolute Gasteiger partial charge is 0.462 e. The van der Waals surface area contributed by atoms with E-state index in [1.165, 1.54) is 0 Å². The van der Waals surface area contributed by atoms with Crippen molar-refractivity contribution in [2.24, 2.45) is 0 Å². The minimum Gasteiger partial charge on any atom is -0.462 e. The van der Waals surface area contributed by atoms with E-state index in [-0.39, 0.29) is 0 Å². The van der Waals surface area contributed by atoms with Crippen LogP contribution < -0.4 is 5.32 Å². The van der Waals surface area contributed by atoms with Gasteiger partial charge >= 0.3 is 5.97 Å². The molecular weight excluding hydrogens is 268 g/mol. The minimum atomic E-state index is -0.440. The van der Waals surface area contributed by atoms with E-state index in [1.54, 1.807) is 29.9 Å². The highest BCUT2D eigenvalue weighted by Crippen LogP contribution is 2.23. The molecule has 6 heteroatoms. The average Bonchev–Trinajstić information content (AvgIpc) is 2.86. The number of esters is 1. The van der Waals surface area contributed by atoms with Crippen molar-refractivity contribution in [3.05, 3.63) is 54.4 Å². The fourth-order valence-corrected chi connectivity index (χ4v) is 2.02. The summed E-state index contributed by atoms with van der Waals surface area (Å²) in [5, 5.41) is 7.48. The molecule has 0 bridgehead atoms. The number of benzene rings is 1. The Morgan fingerprint density at radius 2 is 2.10 bits per heavy atom. The van der Waals surface area contributed by atoms with Gasteiger partial charge in [0.05, 0.1) is 6.61 Å². The van der Waals surface area contributed by atoms with Crippen molar-refractivity contribution in [1.29, 1.82) is 0 Å². The van der Waals surface area contributed by atoms with Crippen molar-refractivity contribution in [3.63, 3.8) is 0 Å². The van der Waals surface area contributed by atoms with Gasteiger partial charge < -0.3 is 10.1 Å². The first-order chi connectivity index (χ1) is 10.3. The zero-order valence-electron chi connectivity index (χ0n) is 11.5. The maximum absolute atomic E-state index is 12.2. The minimum absolute atomic E-state index is 0.299. The van der Waals surface area contributed by atoms with Gasteiger partial charge in [-0.05, 0) is 25.1 Å². The number of hydrogen-bond donors (Lipinski definition) is 1. The molecule has 0 unspecified atom stereocenters. The number of carbonyl (C=O) groups is 1. The van der Waals surface area contributed by atoms with Gasteiger partial charge in [-0.15, -0.1) is 5.10 Å². The molecule has 1 aromatic carbocycles. The summed E-state index contributed by atoms with van der Waals surface area (Å²) < 4.78 is 6.65. The van der Waals surface area contributed by atoms with Gasteiger partial charge in [-0.25, -0.2) is 14.3 Å². The number of nitrogens with zero attached hydrogens (tertiary/aromatic N) is 3. The number of anilines is 2. The average molecular weight is 282 g/mol. The summed E-state index contributed by atoms with van der Waals surface area (Å²) in [5.74, 6) is -0.0111. The van der Waals surface area contributed by atoms with Gasteiger partial charge in [-0.3, -0.25) is 0 Å². The van der Waals surface area contributed by atoms with Crippen LogP contribution in [0.3, 0.4) is 0 Å². The Kier molecular flexibility index (Phi) is 3.51. The number of aromatic nitrogens is 3. The van der Waals surface area contributed by atoms with Gasteiger partial charge in [0, 0.05) is 18.1 Å². The van der Waals surface area contributed by atoms with Crippen LogP contribution in [-0.2, 0) is 4.74 Å². The molecule has 0 spiro atoms. The summed E-state index contributed by atoms with van der Waals surface area (Å²) in [6.45, 7) is 2.06. The summed E-state index contributed by atoms with van der Waals surface area (Å²) in [5.41, 5.74) is 1.64. The van der Waals surface area contributed by atoms with E-state index in [0.29, 0.717) is 23.6 Å². The topological polar surface area (TPSA) is 68.5 Å². The first-order valence-electron chi connectivity index (χ1n) is 6.62. The molecule has 2 heterocycles. The Morgan fingerprint density at radius 3 is 2.86 bits per heavy atom. The van der Waals surface area contributed by atoms with Crippen molar-refractivity contribution >= 4 is 23.1 Å². The maximum atomic E-state index is 12.2. The van der Waals surface area contributed by atoms with Gasteiger partial charge in [0.15, 0.2) is 11.5 Å². The number of carbonyl (C=O) groups excluding carboxylic acids is 1. The second-order valence-electron chi connectivity index (χ2n) is 4.32. The van der Waals surface area contributed by atoms with E-state index in [1.807, 2.05) is 30.3 Å². The molecule has 0 aliphatic heterocycles. The Balaban J connectivity index is 2.08. The van der Waals surface area contributed by atoms with Crippen LogP contribution in [-0.4, -0.2) is 27.2 Å². The van der Waals surface area contributed by atoms with Crippen molar-refractivity contribution < 1.29 is 9.53 Å². The van der Waals surface area contributed by atoms with Crippen LogP contribution >= 0.6 is 0 Å². The molecule has 0 saturated heterocycles. The lowest BCUT2D eigenvalue weighted by Crippen LogP contribution is -2.07. The summed E-state index contributed by atoms with van der Waals surface area (Å²) in [6, 6.07) is 11.3. The van der Waals surface area contributed by atoms with Gasteiger partial charge in [0.25, 0.3) is 0 Å². The number of rotatable bonds is 4. The van der Waals surface area contributed by atoms with E-state index in [0.717, 1.165) is 5.69 Å². The molecule has 2 aromatic heterocycles. The van der Waals surface area contributed by atoms with Crippen LogP contribution in [0.15, 0.2) is 48.8 Å². The van der Waals surface area contributed by atoms with Crippen molar-refractivity contribution in [3.8, 4) is 0 Å². The second-order valence-corrected chi connectivity index (χ2v) is 4.32. The third-order valence-corrected chi connectivity index (χ3v) is 2.91. The normalized spacial score (nSPS) is 10.5. The van der Waals surface area contributed by atoms with Gasteiger partial charge in [-0.1, -0.05) is 18.2 Å². The monoisotopic (exact) mass is 282 g/mol. The Labute approximate surface area is 121 Å². The Hall–Kier alpha value is -2.89. The molecule has 0 amide bonds. The molecule has 3 aromatic rings. The first-order valence-corrected chi connectivity index (χ1v) is 6.62. The SMILES string of the molecule is CCOC(=O)c1c(Nc2ccccc2)nn2cccnc12. The van der Waals surface area contributed by atoms with Crippen LogP contribution in [0.1, 0.15) is 17.3 Å². The van der Waals surface area contributed by atoms with E-state index >= 15 is 0 Å². The molecule has 21 heavy (non-hydrogen) atoms. The quantitative estimate of drug-likeness (QED) is 0.745. The number of nitrogens with one attached hydrogen (secondary N) is 1. The maximum Gasteiger partial charge on any atom is 0.345 e. The number of fused-ring (bicyclic) bond motifs is 1. The highest BCUT2D eigenvalue weighted by Gasteiger charge is 2.22. The van der Waals surface area contributed by atoms with Crippen LogP contribution in [0.4, 0.5) is 11.5 Å². The summed E-state index contributed by atoms with van der Waals surface area (Å²) in [7, 11) is 0. The molecule has 0 fully saturated rings. The highest BCUT2D eigenvalue weighted by atomic mass is 16.5. The van der Waals surface area contributed by atoms with E-state index in [9.17, 15) is 4.79 Å². The van der Waals surface area contributed by atoms with Gasteiger partial charge in [0.1, 0.15) is 5.56 Å². The number of hydrogen-bond acceptors (Lipinski definition) is 5. The van der Waals surface area contributed by atoms with Gasteiger partial charge in [-0.2, -0.15) is 0 Å². The third-order valence-electron chi connectivity index (χ3n) is 2.91. The Morgan fingerprint density at radius 1 is 1.29 bits per heavy atom. The predicted octanol–water partition coefficient (Wildman–Crippen LogP) is 2.65. The summed E-state index contributed by atoms with van der Waals surface area (Å²) in [4.78, 5) is 16.4. The number of ether oxygens (including phenoxy) is 1. The lowest BCUT2D eigenvalue weighted by molar-refractivity contribution is 0.0529. The summed E-state index contributed by atoms with van der Waals surface area (Å²) >= 11 is 0. The van der Waals surface area contributed by atoms with Crippen LogP contribution in [0.5, 0.6) is 0 Å². The third kappa shape index (κ3) is 2.55. The first kappa shape index (κ1) is 13.1. The van der Waals surface area contributed by atoms with Crippen LogP contribution in [0, 0.1) is 0 Å². The Bertz CT molecular complexity index is 768. The smallest absolute Gasteiger partial charge is 0.345 e. The predicted molar refractivity (Wildman–Crippen MR) is 78.7 cm³/mol. The van der Waals surface area contributed by atoms with E-state index in [4.69, 9.17) is 4.74 Å². The van der Waals surface area contributed by atoms with Crippen molar-refractivity contribution in [2.45, 2.75) is 6.92 Å². The lowest BCUT2D eigenvalue weighted by atomic mass is 10.2. The van der Waals surface area contributed by atoms with E-state index in [2.05, 4.69) is 15.4 Å². The molecule has 0 radical (unpaired) electrons. The van der Waals surface area contributed by atoms with Crippen LogP contribution in [0.25, 0.3) is 5.65 Å². The molecule has 0 aliphatic carbocycles. The molecule has 106 valence electrons. The molecule has 0 saturated carbocycles. The molecule has 1 N–H and O–H groups in total. The van der Waals surface area contributed by atoms with Gasteiger partial charge in [0.2, 0.25) is 0 Å². The fraction of sp³-hybridized carbons (Fsp3) is 0.133. The van der Waals surface area contributed by atoms with Crippen molar-refractivity contribution in [1.82, 2.24) is 14.6 Å². The molecule has 0 atom stereocenters. The van der Waals surface area contributed by atoms with E-state index < -0.39 is 5.97 Å².